The summed E-state index contributed by atoms with van der Waals surface area (Å²) in [6.07, 6.45) is 0.688. The average molecular weight is 422 g/mol. The van der Waals surface area contributed by atoms with Crippen LogP contribution in [0.1, 0.15) is 12.6 Å². The molecule has 3 aromatic carbocycles. The number of methoxy groups -OCH3 is 1. The van der Waals surface area contributed by atoms with Gasteiger partial charge in [0.25, 0.3) is 5.56 Å². The Balaban J connectivity index is 1.84. The predicted octanol–water partition coefficient (Wildman–Crippen LogP) is 5.59. The summed E-state index contributed by atoms with van der Waals surface area (Å²) in [5, 5.41) is 4.80. The summed E-state index contributed by atoms with van der Waals surface area (Å²) in [5.41, 5.74) is 6.58. The zero-order chi connectivity index (χ0) is 22.1. The number of aromatic amines is 1. The Kier molecular flexibility index (Phi) is 5.07. The summed E-state index contributed by atoms with van der Waals surface area (Å²) in [5.74, 6) is 0.751. The molecule has 5 aromatic rings. The lowest BCUT2D eigenvalue weighted by Crippen LogP contribution is -2.20. The Hall–Kier alpha value is -4.12. The van der Waals surface area contributed by atoms with Crippen molar-refractivity contribution in [2.45, 2.75) is 13.3 Å². The van der Waals surface area contributed by atoms with E-state index in [4.69, 9.17) is 9.84 Å². The highest BCUT2D eigenvalue weighted by Crippen LogP contribution is 2.35. The molecule has 0 spiro atoms. The maximum Gasteiger partial charge on any atom is 0.282 e. The molecule has 2 heterocycles. The lowest BCUT2D eigenvalue weighted by molar-refractivity contribution is 0.415. The topological polar surface area (TPSA) is 59.4 Å². The number of H-pyrrole nitrogens is 1. The van der Waals surface area contributed by atoms with Gasteiger partial charge in [0, 0.05) is 11.3 Å². The van der Waals surface area contributed by atoms with Gasteiger partial charge in [0.15, 0.2) is 0 Å². The van der Waals surface area contributed by atoms with E-state index in [1.54, 1.807) is 7.11 Å². The number of aromatic nitrogens is 3. The molecule has 5 rings (SSSR count). The van der Waals surface area contributed by atoms with E-state index in [-0.39, 0.29) is 5.56 Å². The predicted molar refractivity (Wildman–Crippen MR) is 128 cm³/mol. The van der Waals surface area contributed by atoms with Crippen LogP contribution in [0.5, 0.6) is 5.75 Å². The molecular weight excluding hydrogens is 398 g/mol. The first-order valence-electron chi connectivity index (χ1n) is 10.6. The van der Waals surface area contributed by atoms with E-state index in [2.05, 4.69) is 4.98 Å². The van der Waals surface area contributed by atoms with Gasteiger partial charge in [-0.05, 0) is 29.7 Å². The SMILES string of the molecule is CCc1[nH]c2c(-c3ccccc3)c(-c3ccccc3)nn2c(=O)c1-c1ccc(OC)cc1. The van der Waals surface area contributed by atoms with E-state index in [1.807, 2.05) is 91.9 Å². The van der Waals surface area contributed by atoms with Gasteiger partial charge in [0.1, 0.15) is 17.1 Å². The average Bonchev–Trinajstić information content (AvgIpc) is 3.25. The van der Waals surface area contributed by atoms with Gasteiger partial charge in [-0.1, -0.05) is 79.7 Å². The van der Waals surface area contributed by atoms with Crippen LogP contribution in [0.3, 0.4) is 0 Å². The first-order chi connectivity index (χ1) is 15.7. The van der Waals surface area contributed by atoms with Gasteiger partial charge in [0.05, 0.1) is 18.2 Å². The zero-order valence-corrected chi connectivity index (χ0v) is 18.0. The number of benzene rings is 3. The first-order valence-corrected chi connectivity index (χ1v) is 10.6. The molecule has 0 amide bonds. The lowest BCUT2D eigenvalue weighted by atomic mass is 10.0. The van der Waals surface area contributed by atoms with E-state index < -0.39 is 0 Å². The number of nitrogens with one attached hydrogen (secondary N) is 1. The second kappa shape index (κ2) is 8.19. The summed E-state index contributed by atoms with van der Waals surface area (Å²) in [4.78, 5) is 17.3. The van der Waals surface area contributed by atoms with Crippen LogP contribution < -0.4 is 10.3 Å². The molecular formula is C27H23N3O2. The van der Waals surface area contributed by atoms with Gasteiger partial charge in [-0.25, -0.2) is 0 Å². The van der Waals surface area contributed by atoms with Crippen molar-refractivity contribution in [3.05, 3.63) is 101 Å². The molecule has 0 atom stereocenters. The largest absolute Gasteiger partial charge is 0.497 e. The van der Waals surface area contributed by atoms with Crippen molar-refractivity contribution in [3.63, 3.8) is 0 Å². The maximum absolute atomic E-state index is 13.7. The Morgan fingerprint density at radius 2 is 1.41 bits per heavy atom. The molecule has 32 heavy (non-hydrogen) atoms. The molecule has 0 saturated carbocycles. The monoisotopic (exact) mass is 421 g/mol. The molecule has 0 fully saturated rings. The third-order valence-electron chi connectivity index (χ3n) is 5.70. The fourth-order valence-electron chi connectivity index (χ4n) is 4.12. The number of nitrogens with zero attached hydrogens (tertiary/aromatic N) is 2. The Morgan fingerprint density at radius 3 is 2.00 bits per heavy atom. The zero-order valence-electron chi connectivity index (χ0n) is 18.0. The van der Waals surface area contributed by atoms with Gasteiger partial charge >= 0.3 is 0 Å². The van der Waals surface area contributed by atoms with Crippen LogP contribution >= 0.6 is 0 Å². The minimum atomic E-state index is -0.139. The minimum absolute atomic E-state index is 0.139. The van der Waals surface area contributed by atoms with Gasteiger partial charge in [-0.3, -0.25) is 4.79 Å². The summed E-state index contributed by atoms with van der Waals surface area (Å²) >= 11 is 0. The van der Waals surface area contributed by atoms with Crippen LogP contribution in [-0.2, 0) is 6.42 Å². The number of hydrogen-bond donors (Lipinski definition) is 1. The fraction of sp³-hybridized carbons (Fsp3) is 0.111. The Morgan fingerprint density at radius 1 is 0.812 bits per heavy atom. The molecule has 0 saturated heterocycles. The molecule has 1 N–H and O–H groups in total. The van der Waals surface area contributed by atoms with Gasteiger partial charge in [-0.2, -0.15) is 9.61 Å². The smallest absolute Gasteiger partial charge is 0.282 e. The van der Waals surface area contributed by atoms with Crippen LogP contribution in [0.2, 0.25) is 0 Å². The van der Waals surface area contributed by atoms with E-state index in [1.165, 1.54) is 4.52 Å². The van der Waals surface area contributed by atoms with Crippen molar-refractivity contribution >= 4 is 5.65 Å². The van der Waals surface area contributed by atoms with Crippen molar-refractivity contribution in [3.8, 4) is 39.3 Å². The highest BCUT2D eigenvalue weighted by Gasteiger charge is 2.22. The van der Waals surface area contributed by atoms with E-state index >= 15 is 0 Å². The van der Waals surface area contributed by atoms with Crippen LogP contribution in [0.25, 0.3) is 39.2 Å². The van der Waals surface area contributed by atoms with Gasteiger partial charge in [0.2, 0.25) is 0 Å². The van der Waals surface area contributed by atoms with E-state index in [9.17, 15) is 4.79 Å². The number of ether oxygens (including phenoxy) is 1. The Bertz CT molecular complexity index is 1430. The van der Waals surface area contributed by atoms with Crippen LogP contribution in [0.15, 0.2) is 89.7 Å². The van der Waals surface area contributed by atoms with E-state index in [0.29, 0.717) is 17.6 Å². The van der Waals surface area contributed by atoms with Crippen molar-refractivity contribution in [2.75, 3.05) is 7.11 Å². The fourth-order valence-corrected chi connectivity index (χ4v) is 4.12. The molecule has 0 aliphatic carbocycles. The van der Waals surface area contributed by atoms with Crippen LogP contribution in [0, 0.1) is 0 Å². The van der Waals surface area contributed by atoms with Gasteiger partial charge < -0.3 is 9.72 Å². The summed E-state index contributed by atoms with van der Waals surface area (Å²) in [6.45, 7) is 2.05. The third-order valence-corrected chi connectivity index (χ3v) is 5.70. The second-order valence-electron chi connectivity index (χ2n) is 7.58. The maximum atomic E-state index is 13.7. The summed E-state index contributed by atoms with van der Waals surface area (Å²) in [6, 6.07) is 27.6. The summed E-state index contributed by atoms with van der Waals surface area (Å²) in [7, 11) is 1.63. The molecule has 5 heteroatoms. The van der Waals surface area contributed by atoms with Crippen LogP contribution in [0.4, 0.5) is 0 Å². The first kappa shape index (κ1) is 19.8. The van der Waals surface area contributed by atoms with Crippen molar-refractivity contribution in [2.24, 2.45) is 0 Å². The lowest BCUT2D eigenvalue weighted by Gasteiger charge is -2.10. The molecule has 0 radical (unpaired) electrons. The summed E-state index contributed by atoms with van der Waals surface area (Å²) < 4.78 is 6.78. The Labute approximate surface area is 185 Å². The van der Waals surface area contributed by atoms with Crippen molar-refractivity contribution < 1.29 is 4.74 Å². The minimum Gasteiger partial charge on any atom is -0.497 e. The quantitative estimate of drug-likeness (QED) is 0.402. The highest BCUT2D eigenvalue weighted by molar-refractivity contribution is 5.91. The molecule has 0 aliphatic rings. The molecule has 0 unspecified atom stereocenters. The standard InChI is InChI=1S/C27H23N3O2/c1-3-22-23(19-14-16-21(32-2)17-15-19)27(31)30-26(28-22)24(18-10-6-4-7-11-18)25(29-30)20-12-8-5-9-13-20/h4-17,28H,3H2,1-2H3. The molecule has 5 nitrogen and oxygen atoms in total. The van der Waals surface area contributed by atoms with E-state index in [0.717, 1.165) is 39.4 Å². The van der Waals surface area contributed by atoms with Crippen LogP contribution in [-0.4, -0.2) is 21.7 Å². The number of aryl methyl sites for hydroxylation is 1. The van der Waals surface area contributed by atoms with Crippen molar-refractivity contribution in [1.82, 2.24) is 14.6 Å². The number of hydrogen-bond acceptors (Lipinski definition) is 3. The third kappa shape index (κ3) is 3.28. The molecule has 2 aromatic heterocycles. The molecule has 158 valence electrons. The highest BCUT2D eigenvalue weighted by atomic mass is 16.5. The number of rotatable bonds is 5. The second-order valence-corrected chi connectivity index (χ2v) is 7.58. The molecule has 0 bridgehead atoms. The van der Waals surface area contributed by atoms with Gasteiger partial charge in [-0.15, -0.1) is 0 Å². The number of fused-ring (bicyclic) bond motifs is 1. The molecule has 0 aliphatic heterocycles. The normalized spacial score (nSPS) is 11.1. The van der Waals surface area contributed by atoms with Crippen molar-refractivity contribution in [1.29, 1.82) is 0 Å².